The van der Waals surface area contributed by atoms with Gasteiger partial charge in [-0.1, -0.05) is 13.8 Å². The fourth-order valence-corrected chi connectivity index (χ4v) is 5.80. The first kappa shape index (κ1) is 25.7. The van der Waals surface area contributed by atoms with Crippen LogP contribution in [0.1, 0.15) is 91.1 Å². The highest BCUT2D eigenvalue weighted by Crippen LogP contribution is 2.35. The van der Waals surface area contributed by atoms with Crippen LogP contribution in [0.4, 0.5) is 0 Å². The minimum atomic E-state index is -0.798. The van der Waals surface area contributed by atoms with Crippen LogP contribution < -0.4 is 0 Å². The average molecular weight is 509 g/mol. The number of aliphatic carboxylic acids is 1. The summed E-state index contributed by atoms with van der Waals surface area (Å²) in [5.41, 5.74) is 17.0. The molecule has 38 heavy (non-hydrogen) atoms. The summed E-state index contributed by atoms with van der Waals surface area (Å²) in [5, 5.41) is 9.43. The Balaban J connectivity index is 1.96. The van der Waals surface area contributed by atoms with Crippen LogP contribution in [0.2, 0.25) is 0 Å². The number of H-pyrrole nitrogens is 2. The first-order valence-corrected chi connectivity index (χ1v) is 13.5. The van der Waals surface area contributed by atoms with Gasteiger partial charge in [0.2, 0.25) is 0 Å². The zero-order valence-corrected chi connectivity index (χ0v) is 23.4. The van der Waals surface area contributed by atoms with Gasteiger partial charge in [-0.2, -0.15) is 0 Å². The predicted octanol–water partition coefficient (Wildman–Crippen LogP) is 7.72. The lowest BCUT2D eigenvalue weighted by Gasteiger charge is -2.01. The van der Waals surface area contributed by atoms with Crippen molar-refractivity contribution >= 4 is 50.8 Å². The van der Waals surface area contributed by atoms with Crippen molar-refractivity contribution < 1.29 is 9.90 Å². The quantitative estimate of drug-likeness (QED) is 0.329. The number of aromatic nitrogens is 4. The van der Waals surface area contributed by atoms with E-state index >= 15 is 0 Å². The number of carboxylic acid groups (broad SMARTS) is 1. The van der Waals surface area contributed by atoms with E-state index in [0.29, 0.717) is 6.42 Å². The van der Waals surface area contributed by atoms with Gasteiger partial charge in [0.05, 0.1) is 22.8 Å². The van der Waals surface area contributed by atoms with Gasteiger partial charge in [0.1, 0.15) is 0 Å². The molecular weight excluding hydrogens is 472 g/mol. The van der Waals surface area contributed by atoms with Crippen molar-refractivity contribution in [3.63, 3.8) is 0 Å². The van der Waals surface area contributed by atoms with E-state index < -0.39 is 5.97 Å². The number of carbonyl (C=O) groups is 1. The van der Waals surface area contributed by atoms with Gasteiger partial charge < -0.3 is 15.1 Å². The smallest absolute Gasteiger partial charge is 0.303 e. The molecule has 0 fully saturated rings. The lowest BCUT2D eigenvalue weighted by atomic mass is 10.0. The van der Waals surface area contributed by atoms with Crippen molar-refractivity contribution in [1.82, 2.24) is 19.9 Å². The number of hydrogen-bond donors (Lipinski definition) is 3. The summed E-state index contributed by atoms with van der Waals surface area (Å²) in [5.74, 6) is -0.798. The minimum Gasteiger partial charge on any atom is -0.481 e. The second kappa shape index (κ2) is 9.75. The number of aryl methyl sites for hydroxylation is 5. The van der Waals surface area contributed by atoms with Crippen LogP contribution in [0.3, 0.4) is 0 Å². The van der Waals surface area contributed by atoms with Crippen LogP contribution in [0.15, 0.2) is 18.2 Å². The van der Waals surface area contributed by atoms with Crippen molar-refractivity contribution in [2.45, 2.75) is 74.1 Å². The van der Waals surface area contributed by atoms with E-state index in [1.807, 2.05) is 0 Å². The fraction of sp³-hybridized carbons (Fsp3) is 0.344. The average Bonchev–Trinajstić information content (AvgIpc) is 3.57. The van der Waals surface area contributed by atoms with E-state index in [0.717, 1.165) is 79.9 Å². The van der Waals surface area contributed by atoms with E-state index in [-0.39, 0.29) is 6.42 Å². The molecule has 3 N–H and O–H groups in total. The van der Waals surface area contributed by atoms with Gasteiger partial charge >= 0.3 is 5.97 Å². The van der Waals surface area contributed by atoms with Crippen molar-refractivity contribution in [3.8, 4) is 0 Å². The van der Waals surface area contributed by atoms with Crippen LogP contribution in [0.25, 0.3) is 44.9 Å². The van der Waals surface area contributed by atoms with Gasteiger partial charge in [0.15, 0.2) is 0 Å². The van der Waals surface area contributed by atoms with Gasteiger partial charge in [-0.15, -0.1) is 0 Å². The zero-order chi connectivity index (χ0) is 27.3. The molecule has 0 saturated heterocycles. The maximum atomic E-state index is 11.5. The summed E-state index contributed by atoms with van der Waals surface area (Å²) in [6, 6.07) is 6.45. The second-order valence-electron chi connectivity index (χ2n) is 10.4. The summed E-state index contributed by atoms with van der Waals surface area (Å²) in [7, 11) is 0. The summed E-state index contributed by atoms with van der Waals surface area (Å²) < 4.78 is 0. The van der Waals surface area contributed by atoms with Crippen molar-refractivity contribution in [2.24, 2.45) is 0 Å². The number of nitrogens with one attached hydrogen (secondary N) is 2. The SMILES string of the molecule is CCC1=C(C)c2cc3[nH]c(cc4[nH]c(c(C)c5nc(cc1n2)C(C)=C5)c(CCC(=O)O)c4C)c(C)c3CC. The van der Waals surface area contributed by atoms with Crippen molar-refractivity contribution in [2.75, 3.05) is 0 Å². The van der Waals surface area contributed by atoms with Crippen LogP contribution in [0.5, 0.6) is 0 Å². The number of allylic oxidation sites excluding steroid dienone is 3. The van der Waals surface area contributed by atoms with Gasteiger partial charge in [0.25, 0.3) is 0 Å². The molecular formula is C32H36N4O2. The van der Waals surface area contributed by atoms with E-state index in [1.165, 1.54) is 22.3 Å². The number of aromatic amines is 2. The van der Waals surface area contributed by atoms with E-state index in [1.54, 1.807) is 0 Å². The summed E-state index contributed by atoms with van der Waals surface area (Å²) in [6.07, 6.45) is 4.46. The standard InChI is InChI=1S/C32H36N4O2/c1-8-21-18(5)27-15-30-22(9-2)17(4)26(34-30)14-28-19(6)23(10-11-31(37)38)32(36-28)20(7)25-12-16(3)24(33-25)13-29(21)35-27/h12-15,34,36H,8-11H2,1-7H3,(H,37,38). The first-order valence-electron chi connectivity index (χ1n) is 13.5. The first-order chi connectivity index (χ1) is 18.1. The molecule has 0 amide bonds. The van der Waals surface area contributed by atoms with E-state index in [4.69, 9.17) is 9.97 Å². The van der Waals surface area contributed by atoms with Crippen molar-refractivity contribution in [1.29, 1.82) is 0 Å². The summed E-state index contributed by atoms with van der Waals surface area (Å²) >= 11 is 0. The molecule has 0 unspecified atom stereocenters. The molecule has 3 aromatic rings. The Hall–Kier alpha value is -3.93. The Morgan fingerprint density at radius 3 is 2.18 bits per heavy atom. The molecule has 0 radical (unpaired) electrons. The molecule has 0 aromatic carbocycles. The molecule has 0 saturated carbocycles. The molecule has 8 bridgehead atoms. The second-order valence-corrected chi connectivity index (χ2v) is 10.4. The number of carboxylic acids is 1. The minimum absolute atomic E-state index is 0.0788. The fourth-order valence-electron chi connectivity index (χ4n) is 5.80. The molecule has 5 rings (SSSR count). The highest BCUT2D eigenvalue weighted by Gasteiger charge is 2.19. The van der Waals surface area contributed by atoms with Gasteiger partial charge in [-0.3, -0.25) is 4.79 Å². The van der Waals surface area contributed by atoms with Gasteiger partial charge in [-0.05, 0) is 123 Å². The molecule has 0 atom stereocenters. The largest absolute Gasteiger partial charge is 0.481 e. The van der Waals surface area contributed by atoms with Gasteiger partial charge in [-0.25, -0.2) is 9.97 Å². The molecule has 0 spiro atoms. The third kappa shape index (κ3) is 4.28. The van der Waals surface area contributed by atoms with Crippen LogP contribution in [0, 0.1) is 20.8 Å². The molecule has 6 nitrogen and oxygen atoms in total. The lowest BCUT2D eigenvalue weighted by Crippen LogP contribution is -1.98. The number of nitrogens with zero attached hydrogens (tertiary/aromatic N) is 2. The Morgan fingerprint density at radius 1 is 0.789 bits per heavy atom. The lowest BCUT2D eigenvalue weighted by molar-refractivity contribution is -0.136. The third-order valence-electron chi connectivity index (χ3n) is 8.15. The molecule has 3 aromatic heterocycles. The molecule has 0 aliphatic carbocycles. The number of fused-ring (bicyclic) bond motifs is 8. The van der Waals surface area contributed by atoms with Crippen LogP contribution in [-0.2, 0) is 17.6 Å². The Bertz CT molecular complexity index is 1710. The maximum Gasteiger partial charge on any atom is 0.303 e. The molecule has 2 aliphatic heterocycles. The topological polar surface area (TPSA) is 94.7 Å². The van der Waals surface area contributed by atoms with Crippen LogP contribution in [-0.4, -0.2) is 31.0 Å². The number of rotatable bonds is 5. The van der Waals surface area contributed by atoms with E-state index in [2.05, 4.69) is 82.7 Å². The highest BCUT2D eigenvalue weighted by molar-refractivity contribution is 5.93. The monoisotopic (exact) mass is 508 g/mol. The molecule has 2 aliphatic rings. The van der Waals surface area contributed by atoms with Crippen LogP contribution >= 0.6 is 0 Å². The maximum absolute atomic E-state index is 11.5. The highest BCUT2D eigenvalue weighted by atomic mass is 16.4. The number of hydrogen-bond acceptors (Lipinski definition) is 3. The Labute approximate surface area is 223 Å². The predicted molar refractivity (Wildman–Crippen MR) is 157 cm³/mol. The van der Waals surface area contributed by atoms with Gasteiger partial charge in [0, 0.05) is 28.5 Å². The molecule has 5 heterocycles. The zero-order valence-electron chi connectivity index (χ0n) is 23.4. The summed E-state index contributed by atoms with van der Waals surface area (Å²) in [6.45, 7) is 14.9. The Morgan fingerprint density at radius 2 is 1.50 bits per heavy atom. The molecule has 196 valence electrons. The van der Waals surface area contributed by atoms with Crippen molar-refractivity contribution in [3.05, 3.63) is 68.8 Å². The summed E-state index contributed by atoms with van der Waals surface area (Å²) in [4.78, 5) is 28.9. The molecule has 6 heteroatoms. The third-order valence-corrected chi connectivity index (χ3v) is 8.15. The Kier molecular flexibility index (Phi) is 6.59. The normalized spacial score (nSPS) is 13.3. The van der Waals surface area contributed by atoms with E-state index in [9.17, 15) is 9.90 Å².